The van der Waals surface area contributed by atoms with Crippen LogP contribution in [0.3, 0.4) is 0 Å². The molecule has 0 aliphatic heterocycles. The molecule has 0 radical (unpaired) electrons. The number of aryl methyl sites for hydroxylation is 1. The number of benzene rings is 1. The molecular weight excluding hydrogens is 278 g/mol. The summed E-state index contributed by atoms with van der Waals surface area (Å²) in [6.45, 7) is 13.9. The highest BCUT2D eigenvalue weighted by Gasteiger charge is 2.26. The Hall–Kier alpha value is -1.96. The van der Waals surface area contributed by atoms with Crippen LogP contribution in [0.5, 0.6) is 0 Å². The van der Waals surface area contributed by atoms with E-state index in [9.17, 15) is 8.78 Å². The maximum atomic E-state index is 13.5. The fourth-order valence-corrected chi connectivity index (χ4v) is 2.05. The molecule has 0 nitrogen and oxygen atoms in total. The van der Waals surface area contributed by atoms with Gasteiger partial charge in [-0.05, 0) is 38.3 Å². The summed E-state index contributed by atoms with van der Waals surface area (Å²) in [6.07, 6.45) is 4.17. The Morgan fingerprint density at radius 3 is 2.09 bits per heavy atom. The summed E-state index contributed by atoms with van der Waals surface area (Å²) in [4.78, 5) is 0. The number of hydrogen-bond donors (Lipinski definition) is 0. The topological polar surface area (TPSA) is 0 Å². The summed E-state index contributed by atoms with van der Waals surface area (Å²) in [5, 5.41) is 0. The van der Waals surface area contributed by atoms with Crippen molar-refractivity contribution < 1.29 is 8.78 Å². The van der Waals surface area contributed by atoms with Crippen LogP contribution in [0.1, 0.15) is 31.9 Å². The summed E-state index contributed by atoms with van der Waals surface area (Å²) >= 11 is 0. The van der Waals surface area contributed by atoms with Crippen molar-refractivity contribution in [2.24, 2.45) is 0 Å². The third kappa shape index (κ3) is 5.44. The van der Waals surface area contributed by atoms with Crippen molar-refractivity contribution in [3.8, 4) is 0 Å². The number of allylic oxidation sites excluding steroid dienone is 6. The summed E-state index contributed by atoms with van der Waals surface area (Å²) < 4.78 is 27.0. The lowest BCUT2D eigenvalue weighted by molar-refractivity contribution is 0.0628. The van der Waals surface area contributed by atoms with Crippen molar-refractivity contribution in [2.45, 2.75) is 40.0 Å². The molecule has 0 saturated carbocycles. The van der Waals surface area contributed by atoms with Crippen LogP contribution in [0.15, 0.2) is 71.9 Å². The van der Waals surface area contributed by atoms with Crippen molar-refractivity contribution in [3.63, 3.8) is 0 Å². The van der Waals surface area contributed by atoms with Gasteiger partial charge in [0.05, 0.1) is 0 Å². The second kappa shape index (κ2) is 7.35. The molecule has 1 aromatic rings. The Morgan fingerprint density at radius 1 is 1.09 bits per heavy atom. The first-order chi connectivity index (χ1) is 10.1. The Morgan fingerprint density at radius 2 is 1.64 bits per heavy atom. The standard InChI is InChI=1S/C20H24F2/c1-14(2)19(17(5)20(6,21)22)12-9-16(4)13-18-10-7-15(3)8-11-18/h7-12H,1,4,13H2,2-3,5-6H3/b12-9-,19-17-. The van der Waals surface area contributed by atoms with Crippen molar-refractivity contribution in [3.05, 3.63) is 83.0 Å². The molecule has 2 heteroatoms. The van der Waals surface area contributed by atoms with Crippen molar-refractivity contribution in [1.29, 1.82) is 0 Å². The molecule has 0 saturated heterocycles. The van der Waals surface area contributed by atoms with Crippen LogP contribution in [0, 0.1) is 6.92 Å². The first-order valence-corrected chi connectivity index (χ1v) is 7.27. The molecule has 0 unspecified atom stereocenters. The summed E-state index contributed by atoms with van der Waals surface area (Å²) in [5.74, 6) is -2.85. The Bertz CT molecular complexity index is 608. The monoisotopic (exact) mass is 302 g/mol. The van der Waals surface area contributed by atoms with Crippen LogP contribution in [0.4, 0.5) is 8.78 Å². The summed E-state index contributed by atoms with van der Waals surface area (Å²) in [5.41, 5.74) is 4.36. The van der Waals surface area contributed by atoms with Gasteiger partial charge in [0.25, 0.3) is 5.92 Å². The molecule has 0 amide bonds. The van der Waals surface area contributed by atoms with E-state index in [1.165, 1.54) is 12.5 Å². The van der Waals surface area contributed by atoms with Crippen LogP contribution < -0.4 is 0 Å². The third-order valence-corrected chi connectivity index (χ3v) is 3.56. The van der Waals surface area contributed by atoms with Crippen molar-refractivity contribution in [1.82, 2.24) is 0 Å². The minimum Gasteiger partial charge on any atom is -0.202 e. The maximum absolute atomic E-state index is 13.5. The highest BCUT2D eigenvalue weighted by molar-refractivity contribution is 5.44. The highest BCUT2D eigenvalue weighted by atomic mass is 19.3. The van der Waals surface area contributed by atoms with Gasteiger partial charge < -0.3 is 0 Å². The molecule has 0 heterocycles. The third-order valence-electron chi connectivity index (χ3n) is 3.56. The number of hydrogen-bond acceptors (Lipinski definition) is 0. The largest absolute Gasteiger partial charge is 0.267 e. The van der Waals surface area contributed by atoms with Crippen LogP contribution in [-0.2, 0) is 6.42 Å². The van der Waals surface area contributed by atoms with Gasteiger partial charge in [-0.2, -0.15) is 0 Å². The molecule has 1 rings (SSSR count). The molecule has 0 aliphatic carbocycles. The zero-order chi connectivity index (χ0) is 16.9. The molecule has 0 fully saturated rings. The second-order valence-corrected chi connectivity index (χ2v) is 5.86. The average Bonchev–Trinajstić information content (AvgIpc) is 2.40. The lowest BCUT2D eigenvalue weighted by atomic mass is 9.97. The molecule has 118 valence electrons. The van der Waals surface area contributed by atoms with Crippen LogP contribution >= 0.6 is 0 Å². The van der Waals surface area contributed by atoms with Crippen molar-refractivity contribution >= 4 is 0 Å². The van der Waals surface area contributed by atoms with Gasteiger partial charge in [0.1, 0.15) is 0 Å². The van der Waals surface area contributed by atoms with Crippen molar-refractivity contribution in [2.75, 3.05) is 0 Å². The minimum absolute atomic E-state index is 0.0272. The average molecular weight is 302 g/mol. The maximum Gasteiger partial charge on any atom is 0.267 e. The van der Waals surface area contributed by atoms with Gasteiger partial charge in [0.15, 0.2) is 0 Å². The number of halogens is 2. The first kappa shape index (κ1) is 18.1. The van der Waals surface area contributed by atoms with E-state index in [2.05, 4.69) is 25.3 Å². The predicted molar refractivity (Wildman–Crippen MR) is 91.3 cm³/mol. The molecule has 0 atom stereocenters. The zero-order valence-electron chi connectivity index (χ0n) is 13.8. The normalized spacial score (nSPS) is 13.2. The number of alkyl halides is 2. The quantitative estimate of drug-likeness (QED) is 0.549. The van der Waals surface area contributed by atoms with Gasteiger partial charge in [-0.1, -0.05) is 66.3 Å². The SMILES string of the molecule is C=C(/C=C\C(C(=C)C)=C(/C)C(C)(F)F)Cc1ccc(C)cc1. The first-order valence-electron chi connectivity index (χ1n) is 7.27. The van der Waals surface area contributed by atoms with E-state index in [1.54, 1.807) is 19.1 Å². The molecule has 22 heavy (non-hydrogen) atoms. The van der Waals surface area contributed by atoms with E-state index in [-0.39, 0.29) is 5.57 Å². The Balaban J connectivity index is 2.90. The molecule has 1 aromatic carbocycles. The Labute approximate surface area is 132 Å². The minimum atomic E-state index is -2.85. The smallest absolute Gasteiger partial charge is 0.202 e. The summed E-state index contributed by atoms with van der Waals surface area (Å²) in [6, 6.07) is 8.20. The fourth-order valence-electron chi connectivity index (χ4n) is 2.05. The van der Waals surface area contributed by atoms with Gasteiger partial charge in [-0.3, -0.25) is 0 Å². The fraction of sp³-hybridized carbons (Fsp3) is 0.300. The van der Waals surface area contributed by atoms with Gasteiger partial charge >= 0.3 is 0 Å². The lowest BCUT2D eigenvalue weighted by Gasteiger charge is -2.15. The van der Waals surface area contributed by atoms with Crippen LogP contribution in [-0.4, -0.2) is 5.92 Å². The van der Waals surface area contributed by atoms with E-state index in [1.807, 2.05) is 19.1 Å². The molecule has 0 bridgehead atoms. The van der Waals surface area contributed by atoms with E-state index in [0.29, 0.717) is 17.6 Å². The molecular formula is C20H24F2. The molecule has 0 aromatic heterocycles. The van der Waals surface area contributed by atoms with Gasteiger partial charge in [-0.15, -0.1) is 0 Å². The Kier molecular flexibility index (Phi) is 6.04. The zero-order valence-corrected chi connectivity index (χ0v) is 13.8. The van der Waals surface area contributed by atoms with Crippen LogP contribution in [0.2, 0.25) is 0 Å². The summed E-state index contributed by atoms with van der Waals surface area (Å²) in [7, 11) is 0. The number of rotatable bonds is 6. The van der Waals surface area contributed by atoms with E-state index in [4.69, 9.17) is 0 Å². The van der Waals surface area contributed by atoms with E-state index < -0.39 is 5.92 Å². The van der Waals surface area contributed by atoms with Gasteiger partial charge in [0.2, 0.25) is 0 Å². The van der Waals surface area contributed by atoms with Gasteiger partial charge in [-0.25, -0.2) is 8.78 Å². The lowest BCUT2D eigenvalue weighted by Crippen LogP contribution is -2.13. The van der Waals surface area contributed by atoms with Crippen LogP contribution in [0.25, 0.3) is 0 Å². The molecule has 0 spiro atoms. The van der Waals surface area contributed by atoms with E-state index in [0.717, 1.165) is 18.1 Å². The molecule has 0 N–H and O–H groups in total. The highest BCUT2D eigenvalue weighted by Crippen LogP contribution is 2.29. The van der Waals surface area contributed by atoms with Gasteiger partial charge in [0, 0.05) is 12.5 Å². The molecule has 0 aliphatic rings. The van der Waals surface area contributed by atoms with E-state index >= 15 is 0 Å². The second-order valence-electron chi connectivity index (χ2n) is 5.86. The predicted octanol–water partition coefficient (Wildman–Crippen LogP) is 6.20.